The summed E-state index contributed by atoms with van der Waals surface area (Å²) in [5.41, 5.74) is 0.117. The number of fused-ring (bicyclic) bond motifs is 1. The number of aromatic hydroxyl groups is 1. The number of rotatable bonds is 3. The molecule has 0 radical (unpaired) electrons. The van der Waals surface area contributed by atoms with Crippen LogP contribution in [0.25, 0.3) is 10.8 Å². The fourth-order valence-corrected chi connectivity index (χ4v) is 1.67. The van der Waals surface area contributed by atoms with Crippen LogP contribution in [0.15, 0.2) is 48.0 Å². The first-order chi connectivity index (χ1) is 8.58. The van der Waals surface area contributed by atoms with Crippen LogP contribution in [-0.4, -0.2) is 17.7 Å². The van der Waals surface area contributed by atoms with E-state index in [2.05, 4.69) is 6.58 Å². The molecule has 0 atom stereocenters. The molecule has 2 aromatic rings. The molecule has 18 heavy (non-hydrogen) atoms. The zero-order valence-electron chi connectivity index (χ0n) is 9.52. The van der Waals surface area contributed by atoms with Crippen LogP contribution in [0.1, 0.15) is 10.4 Å². The van der Waals surface area contributed by atoms with Crippen LogP contribution in [0.4, 0.5) is 0 Å². The molecule has 0 fully saturated rings. The van der Waals surface area contributed by atoms with Crippen LogP contribution in [0.2, 0.25) is 0 Å². The first-order valence-electron chi connectivity index (χ1n) is 5.30. The molecule has 92 valence electrons. The van der Waals surface area contributed by atoms with Crippen LogP contribution in [0, 0.1) is 0 Å². The number of halogens is 1. The molecule has 0 aliphatic carbocycles. The van der Waals surface area contributed by atoms with Gasteiger partial charge in [-0.2, -0.15) is 0 Å². The molecule has 0 aliphatic rings. The zero-order chi connectivity index (χ0) is 13.1. The Morgan fingerprint density at radius 2 is 1.89 bits per heavy atom. The van der Waals surface area contributed by atoms with Crippen LogP contribution in [0.5, 0.6) is 5.75 Å². The molecule has 0 amide bonds. The Hall–Kier alpha value is -2.00. The van der Waals surface area contributed by atoms with Gasteiger partial charge < -0.3 is 9.84 Å². The van der Waals surface area contributed by atoms with Gasteiger partial charge in [0.2, 0.25) is 0 Å². The van der Waals surface area contributed by atoms with E-state index in [0.717, 1.165) is 10.8 Å². The lowest BCUT2D eigenvalue weighted by atomic mass is 10.1. The molecule has 0 bridgehead atoms. The second kappa shape index (κ2) is 5.10. The maximum atomic E-state index is 11.7. The van der Waals surface area contributed by atoms with Crippen molar-refractivity contribution in [3.05, 3.63) is 53.6 Å². The number of esters is 1. The van der Waals surface area contributed by atoms with E-state index in [1.165, 1.54) is 6.07 Å². The molecule has 1 N–H and O–H groups in total. The van der Waals surface area contributed by atoms with Crippen molar-refractivity contribution in [3.8, 4) is 5.75 Å². The van der Waals surface area contributed by atoms with Crippen molar-refractivity contribution in [2.45, 2.75) is 0 Å². The van der Waals surface area contributed by atoms with E-state index in [1.54, 1.807) is 6.07 Å². The number of benzene rings is 2. The number of hydrogen-bond donors (Lipinski definition) is 1. The molecule has 0 spiro atoms. The minimum atomic E-state index is -0.625. The van der Waals surface area contributed by atoms with Crippen molar-refractivity contribution in [2.24, 2.45) is 0 Å². The average molecular weight is 263 g/mol. The molecule has 0 saturated heterocycles. The van der Waals surface area contributed by atoms with E-state index < -0.39 is 5.97 Å². The number of carbonyl (C=O) groups is 1. The standard InChI is InChI=1S/C14H11ClO3/c1-9(15)8-18-14(17)12-6-10-4-2-3-5-11(10)7-13(12)16/h2-7,16H,1,8H2. The third-order valence-electron chi connectivity index (χ3n) is 2.44. The molecule has 3 nitrogen and oxygen atoms in total. The molecule has 2 aromatic carbocycles. The Balaban J connectivity index is 2.35. The van der Waals surface area contributed by atoms with Gasteiger partial charge in [-0.1, -0.05) is 42.4 Å². The predicted molar refractivity (Wildman–Crippen MR) is 70.9 cm³/mol. The van der Waals surface area contributed by atoms with E-state index in [0.29, 0.717) is 0 Å². The third kappa shape index (κ3) is 2.63. The van der Waals surface area contributed by atoms with Crippen molar-refractivity contribution in [1.29, 1.82) is 0 Å². The van der Waals surface area contributed by atoms with Gasteiger partial charge in [-0.3, -0.25) is 0 Å². The number of ether oxygens (including phenoxy) is 1. The Labute approximate surface area is 109 Å². The summed E-state index contributed by atoms with van der Waals surface area (Å²) in [5, 5.41) is 11.7. The van der Waals surface area contributed by atoms with E-state index >= 15 is 0 Å². The number of phenols is 1. The maximum absolute atomic E-state index is 11.7. The minimum Gasteiger partial charge on any atom is -0.507 e. The SMILES string of the molecule is C=C(Cl)COC(=O)c1cc2ccccc2cc1O. The summed E-state index contributed by atoms with van der Waals surface area (Å²) in [6.07, 6.45) is 0. The van der Waals surface area contributed by atoms with Gasteiger partial charge in [0.15, 0.2) is 0 Å². The average Bonchev–Trinajstić information content (AvgIpc) is 2.35. The van der Waals surface area contributed by atoms with Crippen molar-refractivity contribution < 1.29 is 14.6 Å². The molecule has 0 aliphatic heterocycles. The molecule has 0 heterocycles. The van der Waals surface area contributed by atoms with E-state index in [1.807, 2.05) is 24.3 Å². The number of hydrogen-bond acceptors (Lipinski definition) is 3. The van der Waals surface area contributed by atoms with Crippen LogP contribution in [0.3, 0.4) is 0 Å². The Morgan fingerprint density at radius 3 is 2.50 bits per heavy atom. The lowest BCUT2D eigenvalue weighted by Gasteiger charge is -2.07. The fourth-order valence-electron chi connectivity index (χ4n) is 1.61. The van der Waals surface area contributed by atoms with E-state index in [4.69, 9.17) is 16.3 Å². The number of carbonyl (C=O) groups excluding carboxylic acids is 1. The van der Waals surface area contributed by atoms with Crippen molar-refractivity contribution >= 4 is 28.3 Å². The molecule has 0 unspecified atom stereocenters. The van der Waals surface area contributed by atoms with Crippen molar-refractivity contribution in [3.63, 3.8) is 0 Å². The molecular weight excluding hydrogens is 252 g/mol. The van der Waals surface area contributed by atoms with Gasteiger partial charge >= 0.3 is 5.97 Å². The second-order valence-electron chi connectivity index (χ2n) is 3.81. The minimum absolute atomic E-state index is 0.0767. The van der Waals surface area contributed by atoms with Gasteiger partial charge in [0.05, 0.1) is 0 Å². The summed E-state index contributed by atoms with van der Waals surface area (Å²) in [5.74, 6) is -0.737. The van der Waals surface area contributed by atoms with Gasteiger partial charge in [0, 0.05) is 5.03 Å². The molecule has 4 heteroatoms. The van der Waals surface area contributed by atoms with Gasteiger partial charge in [-0.15, -0.1) is 0 Å². The van der Waals surface area contributed by atoms with Gasteiger partial charge in [-0.05, 0) is 22.9 Å². The predicted octanol–water partition coefficient (Wildman–Crippen LogP) is 3.45. The quantitative estimate of drug-likeness (QED) is 0.862. The highest BCUT2D eigenvalue weighted by atomic mass is 35.5. The van der Waals surface area contributed by atoms with Crippen molar-refractivity contribution in [1.82, 2.24) is 0 Å². The summed E-state index contributed by atoms with van der Waals surface area (Å²) in [6.45, 7) is 3.34. The topological polar surface area (TPSA) is 46.5 Å². The zero-order valence-corrected chi connectivity index (χ0v) is 10.3. The summed E-state index contributed by atoms with van der Waals surface area (Å²) < 4.78 is 4.89. The molecular formula is C14H11ClO3. The first kappa shape index (κ1) is 12.5. The summed E-state index contributed by atoms with van der Waals surface area (Å²) in [6, 6.07) is 10.5. The Kier molecular flexibility index (Phi) is 3.53. The Bertz CT molecular complexity index is 619. The monoisotopic (exact) mass is 262 g/mol. The van der Waals surface area contributed by atoms with Crippen molar-refractivity contribution in [2.75, 3.05) is 6.61 Å². The second-order valence-corrected chi connectivity index (χ2v) is 4.34. The normalized spacial score (nSPS) is 10.3. The summed E-state index contributed by atoms with van der Waals surface area (Å²) >= 11 is 5.51. The fraction of sp³-hybridized carbons (Fsp3) is 0.0714. The van der Waals surface area contributed by atoms with Crippen LogP contribution >= 0.6 is 11.6 Å². The van der Waals surface area contributed by atoms with Gasteiger partial charge in [0.25, 0.3) is 0 Å². The lowest BCUT2D eigenvalue weighted by molar-refractivity contribution is 0.0543. The van der Waals surface area contributed by atoms with Crippen LogP contribution in [-0.2, 0) is 4.74 Å². The van der Waals surface area contributed by atoms with Gasteiger partial charge in [-0.25, -0.2) is 4.79 Å². The van der Waals surface area contributed by atoms with Crippen LogP contribution < -0.4 is 0 Å². The highest BCUT2D eigenvalue weighted by Crippen LogP contribution is 2.25. The molecule has 0 saturated carbocycles. The number of phenolic OH excluding ortho intramolecular Hbond substituents is 1. The highest BCUT2D eigenvalue weighted by Gasteiger charge is 2.13. The largest absolute Gasteiger partial charge is 0.507 e. The van der Waals surface area contributed by atoms with E-state index in [9.17, 15) is 9.90 Å². The summed E-state index contributed by atoms with van der Waals surface area (Å²) in [4.78, 5) is 11.7. The van der Waals surface area contributed by atoms with Gasteiger partial charge in [0.1, 0.15) is 17.9 Å². The maximum Gasteiger partial charge on any atom is 0.342 e. The third-order valence-corrected chi connectivity index (χ3v) is 2.55. The van der Waals surface area contributed by atoms with E-state index in [-0.39, 0.29) is 23.0 Å². The molecule has 2 rings (SSSR count). The first-order valence-corrected chi connectivity index (χ1v) is 5.68. The smallest absolute Gasteiger partial charge is 0.342 e. The lowest BCUT2D eigenvalue weighted by Crippen LogP contribution is -2.06. The summed E-state index contributed by atoms with van der Waals surface area (Å²) in [7, 11) is 0. The Morgan fingerprint density at radius 1 is 1.28 bits per heavy atom. The highest BCUT2D eigenvalue weighted by molar-refractivity contribution is 6.29. The molecule has 0 aromatic heterocycles.